The van der Waals surface area contributed by atoms with E-state index in [4.69, 9.17) is 9.47 Å². The normalized spacial score (nSPS) is 18.6. The summed E-state index contributed by atoms with van der Waals surface area (Å²) in [6.45, 7) is 1.11. The summed E-state index contributed by atoms with van der Waals surface area (Å²) < 4.78 is 10.0. The molecule has 0 heterocycles. The zero-order valence-corrected chi connectivity index (χ0v) is 11.3. The maximum Gasteiger partial charge on any atom is 0.246 e. The smallest absolute Gasteiger partial charge is 0.246 e. The predicted molar refractivity (Wildman–Crippen MR) is 65.8 cm³/mol. The maximum atomic E-state index is 11.6. The van der Waals surface area contributed by atoms with Crippen LogP contribution in [0, 0.1) is 0 Å². The minimum atomic E-state index is -0.0400. The third-order valence-electron chi connectivity index (χ3n) is 2.89. The van der Waals surface area contributed by atoms with Gasteiger partial charge in [-0.3, -0.25) is 4.79 Å². The highest BCUT2D eigenvalue weighted by molar-refractivity contribution is 9.09. The van der Waals surface area contributed by atoms with Gasteiger partial charge in [-0.15, -0.1) is 0 Å². The van der Waals surface area contributed by atoms with Crippen molar-refractivity contribution >= 4 is 21.8 Å². The van der Waals surface area contributed by atoms with E-state index in [9.17, 15) is 4.79 Å². The molecule has 1 amide bonds. The molecular weight excluding hydrogens is 274 g/mol. The molecule has 0 atom stereocenters. The second kappa shape index (κ2) is 7.25. The lowest BCUT2D eigenvalue weighted by atomic mass is 10.0. The van der Waals surface area contributed by atoms with Gasteiger partial charge < -0.3 is 14.8 Å². The number of rotatable bonds is 7. The molecule has 0 unspecified atom stereocenters. The summed E-state index contributed by atoms with van der Waals surface area (Å²) >= 11 is 3.48. The van der Waals surface area contributed by atoms with Crippen molar-refractivity contribution in [2.45, 2.75) is 31.2 Å². The van der Waals surface area contributed by atoms with Gasteiger partial charge in [-0.1, -0.05) is 28.8 Å². The lowest BCUT2D eigenvalue weighted by molar-refractivity contribution is -0.127. The van der Waals surface area contributed by atoms with Crippen LogP contribution in [0.15, 0.2) is 0 Å². The van der Waals surface area contributed by atoms with Crippen molar-refractivity contribution in [2.24, 2.45) is 0 Å². The number of carbonyl (C=O) groups is 1. The van der Waals surface area contributed by atoms with Gasteiger partial charge >= 0.3 is 0 Å². The topological polar surface area (TPSA) is 47.6 Å². The number of amides is 1. The lowest BCUT2D eigenvalue weighted by Gasteiger charge is -2.28. The first-order valence-corrected chi connectivity index (χ1v) is 6.78. The minimum absolute atomic E-state index is 0.0301. The van der Waals surface area contributed by atoms with Gasteiger partial charge in [-0.2, -0.15) is 0 Å². The molecule has 1 N–H and O–H groups in total. The Balaban J connectivity index is 2.21. The van der Waals surface area contributed by atoms with Crippen LogP contribution in [-0.2, 0) is 14.3 Å². The van der Waals surface area contributed by atoms with E-state index in [-0.39, 0.29) is 18.1 Å². The minimum Gasteiger partial charge on any atom is -0.382 e. The molecule has 0 saturated heterocycles. The predicted octanol–water partition coefficient (Wildman–Crippen LogP) is 1.47. The van der Waals surface area contributed by atoms with E-state index in [1.54, 1.807) is 7.11 Å². The summed E-state index contributed by atoms with van der Waals surface area (Å²) in [5.41, 5.74) is -0.0400. The highest BCUT2D eigenvalue weighted by atomic mass is 79.9. The van der Waals surface area contributed by atoms with Crippen LogP contribution in [-0.4, -0.2) is 43.7 Å². The maximum absolute atomic E-state index is 11.6. The average Bonchev–Trinajstić information content (AvgIpc) is 2.74. The van der Waals surface area contributed by atoms with Crippen molar-refractivity contribution in [3.63, 3.8) is 0 Å². The lowest BCUT2D eigenvalue weighted by Crippen LogP contribution is -2.49. The molecule has 1 rings (SSSR count). The third-order valence-corrected chi connectivity index (χ3v) is 3.96. The molecule has 0 aromatic rings. The highest BCUT2D eigenvalue weighted by Gasteiger charge is 2.33. The van der Waals surface area contributed by atoms with Crippen LogP contribution in [0.3, 0.4) is 0 Å². The Hall–Kier alpha value is -0.130. The Kier molecular flexibility index (Phi) is 6.31. The van der Waals surface area contributed by atoms with E-state index in [2.05, 4.69) is 21.2 Å². The van der Waals surface area contributed by atoms with Gasteiger partial charge in [0.25, 0.3) is 0 Å². The number of nitrogens with one attached hydrogen (secondary N) is 1. The summed E-state index contributed by atoms with van der Waals surface area (Å²) in [6, 6.07) is 0. The number of carbonyl (C=O) groups excluding carboxylic acids is 1. The zero-order valence-electron chi connectivity index (χ0n) is 9.76. The molecule has 0 aliphatic heterocycles. The molecule has 94 valence electrons. The van der Waals surface area contributed by atoms with Crippen molar-refractivity contribution in [1.29, 1.82) is 0 Å². The Morgan fingerprint density at radius 1 is 1.38 bits per heavy atom. The van der Waals surface area contributed by atoms with Crippen LogP contribution in [0.25, 0.3) is 0 Å². The molecule has 1 saturated carbocycles. The van der Waals surface area contributed by atoms with Crippen molar-refractivity contribution in [3.05, 3.63) is 0 Å². The molecule has 5 heteroatoms. The summed E-state index contributed by atoms with van der Waals surface area (Å²) in [6.07, 6.45) is 4.50. The van der Waals surface area contributed by atoms with Gasteiger partial charge in [-0.05, 0) is 12.8 Å². The van der Waals surface area contributed by atoms with Crippen molar-refractivity contribution in [2.75, 3.05) is 32.3 Å². The van der Waals surface area contributed by atoms with Crippen LogP contribution in [0.2, 0.25) is 0 Å². The quantitative estimate of drug-likeness (QED) is 0.571. The van der Waals surface area contributed by atoms with E-state index >= 15 is 0 Å². The molecule has 1 aliphatic carbocycles. The fourth-order valence-corrected chi connectivity index (χ4v) is 2.68. The van der Waals surface area contributed by atoms with E-state index < -0.39 is 0 Å². The molecule has 0 aromatic heterocycles. The van der Waals surface area contributed by atoms with Gasteiger partial charge in [0.2, 0.25) is 5.91 Å². The van der Waals surface area contributed by atoms with Crippen LogP contribution in [0.4, 0.5) is 0 Å². The number of ether oxygens (including phenoxy) is 2. The Morgan fingerprint density at radius 3 is 2.62 bits per heavy atom. The number of methoxy groups -OCH3 is 1. The number of alkyl halides is 1. The number of hydrogen-bond acceptors (Lipinski definition) is 3. The molecule has 1 aliphatic rings. The van der Waals surface area contributed by atoms with E-state index in [1.807, 2.05) is 0 Å². The van der Waals surface area contributed by atoms with E-state index in [1.165, 1.54) is 12.8 Å². The van der Waals surface area contributed by atoms with Gasteiger partial charge in [0.15, 0.2) is 0 Å². The summed E-state index contributed by atoms with van der Waals surface area (Å²) in [4.78, 5) is 11.6. The fraction of sp³-hybridized carbons (Fsp3) is 0.909. The SMILES string of the molecule is COCCOCC(=O)NC1(CBr)CCCC1. The van der Waals surface area contributed by atoms with E-state index in [0.717, 1.165) is 18.2 Å². The van der Waals surface area contributed by atoms with Crippen LogP contribution < -0.4 is 5.32 Å². The summed E-state index contributed by atoms with van der Waals surface area (Å²) in [5.74, 6) is -0.0301. The average molecular weight is 294 g/mol. The van der Waals surface area contributed by atoms with Crippen molar-refractivity contribution in [1.82, 2.24) is 5.32 Å². The van der Waals surface area contributed by atoms with E-state index in [0.29, 0.717) is 13.2 Å². The largest absolute Gasteiger partial charge is 0.382 e. The summed E-state index contributed by atoms with van der Waals surface area (Å²) in [5, 5.41) is 3.89. The van der Waals surface area contributed by atoms with Crippen LogP contribution in [0.1, 0.15) is 25.7 Å². The molecule has 0 spiro atoms. The molecule has 1 fully saturated rings. The monoisotopic (exact) mass is 293 g/mol. The summed E-state index contributed by atoms with van der Waals surface area (Å²) in [7, 11) is 1.61. The zero-order chi connectivity index (χ0) is 11.9. The van der Waals surface area contributed by atoms with Crippen molar-refractivity contribution < 1.29 is 14.3 Å². The third kappa shape index (κ3) is 4.39. The van der Waals surface area contributed by atoms with Gasteiger partial charge in [0.05, 0.1) is 13.2 Å². The Labute approximate surface area is 105 Å². The Bertz CT molecular complexity index is 217. The first-order chi connectivity index (χ1) is 7.72. The van der Waals surface area contributed by atoms with Gasteiger partial charge in [0, 0.05) is 18.0 Å². The second-order valence-electron chi connectivity index (χ2n) is 4.21. The van der Waals surface area contributed by atoms with Gasteiger partial charge in [0.1, 0.15) is 6.61 Å². The first kappa shape index (κ1) is 13.9. The molecular formula is C11H20BrNO3. The molecule has 0 aromatic carbocycles. The fourth-order valence-electron chi connectivity index (χ4n) is 1.98. The van der Waals surface area contributed by atoms with Crippen molar-refractivity contribution in [3.8, 4) is 0 Å². The standard InChI is InChI=1S/C11H20BrNO3/c1-15-6-7-16-8-10(14)13-11(9-12)4-2-3-5-11/h2-9H2,1H3,(H,13,14). The molecule has 0 bridgehead atoms. The number of halogens is 1. The first-order valence-electron chi connectivity index (χ1n) is 5.66. The second-order valence-corrected chi connectivity index (χ2v) is 4.78. The molecule has 0 radical (unpaired) electrons. The Morgan fingerprint density at radius 2 is 2.06 bits per heavy atom. The molecule has 4 nitrogen and oxygen atoms in total. The van der Waals surface area contributed by atoms with Crippen LogP contribution >= 0.6 is 15.9 Å². The van der Waals surface area contributed by atoms with Gasteiger partial charge in [-0.25, -0.2) is 0 Å². The molecule has 16 heavy (non-hydrogen) atoms. The van der Waals surface area contributed by atoms with Crippen LogP contribution in [0.5, 0.6) is 0 Å². The number of hydrogen-bond donors (Lipinski definition) is 1. The highest BCUT2D eigenvalue weighted by Crippen LogP contribution is 2.31.